The Labute approximate surface area is 199 Å². The smallest absolute Gasteiger partial charge is 0.319 e. The minimum atomic E-state index is -0.495. The van der Waals surface area contributed by atoms with E-state index in [4.69, 9.17) is 14.3 Å². The minimum Gasteiger partial charge on any atom is -0.497 e. The van der Waals surface area contributed by atoms with Crippen molar-refractivity contribution in [3.8, 4) is 22.6 Å². The van der Waals surface area contributed by atoms with E-state index < -0.39 is 5.92 Å². The first-order valence-electron chi connectivity index (χ1n) is 11.2. The van der Waals surface area contributed by atoms with Gasteiger partial charge in [0.05, 0.1) is 25.4 Å². The number of rotatable bonds is 6. The molecule has 1 aliphatic rings. The van der Waals surface area contributed by atoms with E-state index in [0.717, 1.165) is 28.1 Å². The van der Waals surface area contributed by atoms with Crippen LogP contribution in [-0.2, 0) is 9.63 Å². The lowest BCUT2D eigenvalue weighted by atomic mass is 9.92. The second kappa shape index (κ2) is 9.81. The van der Waals surface area contributed by atoms with Gasteiger partial charge in [-0.15, -0.1) is 0 Å². The summed E-state index contributed by atoms with van der Waals surface area (Å²) in [6, 6.07) is 34.9. The number of anilines is 1. The van der Waals surface area contributed by atoms with Crippen molar-refractivity contribution in [2.24, 2.45) is 5.92 Å². The maximum absolute atomic E-state index is 13.2. The molecule has 1 saturated heterocycles. The van der Waals surface area contributed by atoms with E-state index in [1.165, 1.54) is 0 Å². The molecular weight excluding hydrogens is 426 g/mol. The molecule has 0 N–H and O–H groups in total. The zero-order chi connectivity index (χ0) is 23.3. The average molecular weight is 452 g/mol. The van der Waals surface area contributed by atoms with Gasteiger partial charge in [-0.3, -0.25) is 9.63 Å². The zero-order valence-electron chi connectivity index (χ0n) is 18.8. The highest BCUT2D eigenvalue weighted by atomic mass is 16.7. The fraction of sp³-hybridized carbons (Fsp3) is 0.138. The Bertz CT molecular complexity index is 1220. The predicted octanol–water partition coefficient (Wildman–Crippen LogP) is 6.08. The molecule has 1 fully saturated rings. The van der Waals surface area contributed by atoms with Gasteiger partial charge in [0.25, 0.3) is 0 Å². The summed E-state index contributed by atoms with van der Waals surface area (Å²) < 4.78 is 11.0. The van der Waals surface area contributed by atoms with Gasteiger partial charge in [-0.05, 0) is 53.1 Å². The van der Waals surface area contributed by atoms with Crippen LogP contribution >= 0.6 is 0 Å². The maximum atomic E-state index is 13.2. The first kappa shape index (κ1) is 21.7. The highest BCUT2D eigenvalue weighted by Crippen LogP contribution is 2.40. The van der Waals surface area contributed by atoms with Crippen molar-refractivity contribution in [3.63, 3.8) is 0 Å². The van der Waals surface area contributed by atoms with E-state index in [0.29, 0.717) is 5.75 Å². The number of methoxy groups -OCH3 is 1. The van der Waals surface area contributed by atoms with Crippen molar-refractivity contribution in [1.29, 1.82) is 0 Å². The predicted molar refractivity (Wildman–Crippen MR) is 132 cm³/mol. The molecule has 2 unspecified atom stereocenters. The van der Waals surface area contributed by atoms with Gasteiger partial charge < -0.3 is 9.47 Å². The molecule has 4 aromatic rings. The van der Waals surface area contributed by atoms with Crippen LogP contribution in [0.1, 0.15) is 11.6 Å². The summed E-state index contributed by atoms with van der Waals surface area (Å²) in [6.07, 6.45) is 0. The molecule has 5 rings (SSSR count). The second-order valence-electron chi connectivity index (χ2n) is 8.09. The van der Waals surface area contributed by atoms with Crippen LogP contribution in [0.25, 0.3) is 11.1 Å². The molecule has 0 spiro atoms. The van der Waals surface area contributed by atoms with Gasteiger partial charge in [0.2, 0.25) is 0 Å². The summed E-state index contributed by atoms with van der Waals surface area (Å²) in [5.41, 5.74) is 4.07. The molecule has 0 aliphatic carbocycles. The van der Waals surface area contributed by atoms with Crippen molar-refractivity contribution < 1.29 is 19.1 Å². The monoisotopic (exact) mass is 451 g/mol. The van der Waals surface area contributed by atoms with Crippen LogP contribution in [0.5, 0.6) is 11.5 Å². The van der Waals surface area contributed by atoms with Gasteiger partial charge >= 0.3 is 5.97 Å². The van der Waals surface area contributed by atoms with Crippen LogP contribution in [-0.4, -0.2) is 19.7 Å². The van der Waals surface area contributed by atoms with Crippen LogP contribution in [0.4, 0.5) is 5.69 Å². The van der Waals surface area contributed by atoms with Gasteiger partial charge in [0, 0.05) is 0 Å². The topological polar surface area (TPSA) is 48.0 Å². The summed E-state index contributed by atoms with van der Waals surface area (Å²) >= 11 is 0. The Kier molecular flexibility index (Phi) is 6.27. The third-order valence-corrected chi connectivity index (χ3v) is 5.98. The normalized spacial score (nSPS) is 17.4. The van der Waals surface area contributed by atoms with E-state index in [9.17, 15) is 4.79 Å². The number of para-hydroxylation sites is 1. The Morgan fingerprint density at radius 1 is 0.765 bits per heavy atom. The van der Waals surface area contributed by atoms with Crippen molar-refractivity contribution >= 4 is 11.7 Å². The molecule has 0 saturated carbocycles. The SMILES string of the molecule is COc1ccc(N2OCC(C(=O)Oc3ccccc3)C2c2ccc(-c3ccccc3)cc2)cc1. The molecule has 0 radical (unpaired) electrons. The number of ether oxygens (including phenoxy) is 2. The summed E-state index contributed by atoms with van der Waals surface area (Å²) in [7, 11) is 1.63. The lowest BCUT2D eigenvalue weighted by Gasteiger charge is -2.27. The Morgan fingerprint density at radius 2 is 1.38 bits per heavy atom. The molecule has 5 heteroatoms. The van der Waals surface area contributed by atoms with Crippen LogP contribution in [0.15, 0.2) is 109 Å². The van der Waals surface area contributed by atoms with Crippen LogP contribution < -0.4 is 14.5 Å². The van der Waals surface area contributed by atoms with E-state index in [1.54, 1.807) is 24.3 Å². The lowest BCUT2D eigenvalue weighted by Crippen LogP contribution is -2.30. The van der Waals surface area contributed by atoms with E-state index in [-0.39, 0.29) is 18.6 Å². The first-order valence-corrected chi connectivity index (χ1v) is 11.2. The Morgan fingerprint density at radius 3 is 2.03 bits per heavy atom. The lowest BCUT2D eigenvalue weighted by molar-refractivity contribution is -0.139. The van der Waals surface area contributed by atoms with Crippen molar-refractivity contribution in [3.05, 3.63) is 115 Å². The molecule has 4 aromatic carbocycles. The largest absolute Gasteiger partial charge is 0.497 e. The first-order chi connectivity index (χ1) is 16.7. The molecule has 34 heavy (non-hydrogen) atoms. The van der Waals surface area contributed by atoms with Crippen molar-refractivity contribution in [2.45, 2.75) is 6.04 Å². The van der Waals surface area contributed by atoms with E-state index in [2.05, 4.69) is 36.4 Å². The van der Waals surface area contributed by atoms with E-state index in [1.807, 2.05) is 60.7 Å². The number of nitrogens with zero attached hydrogens (tertiary/aromatic N) is 1. The summed E-state index contributed by atoms with van der Waals surface area (Å²) in [5.74, 6) is 0.463. The van der Waals surface area contributed by atoms with E-state index >= 15 is 0 Å². The number of hydroxylamine groups is 1. The number of benzene rings is 4. The van der Waals surface area contributed by atoms with Crippen LogP contribution in [0.3, 0.4) is 0 Å². The molecule has 1 aliphatic heterocycles. The Hall–Kier alpha value is -4.09. The molecule has 170 valence electrons. The number of carbonyl (C=O) groups excluding carboxylic acids is 1. The molecule has 2 atom stereocenters. The standard InChI is InChI=1S/C29H25NO4/c1-32-25-18-16-24(17-19-25)30-28(23-14-12-22(13-15-23)21-8-4-2-5-9-21)27(20-33-30)29(31)34-26-10-6-3-7-11-26/h2-19,27-28H,20H2,1H3. The zero-order valence-corrected chi connectivity index (χ0v) is 18.8. The molecule has 0 bridgehead atoms. The average Bonchev–Trinajstić information content (AvgIpc) is 3.35. The molecule has 5 nitrogen and oxygen atoms in total. The number of hydrogen-bond donors (Lipinski definition) is 0. The second-order valence-corrected chi connectivity index (χ2v) is 8.09. The van der Waals surface area contributed by atoms with Crippen molar-refractivity contribution in [1.82, 2.24) is 0 Å². The fourth-order valence-electron chi connectivity index (χ4n) is 4.21. The third kappa shape index (κ3) is 4.51. The summed E-state index contributed by atoms with van der Waals surface area (Å²) in [6.45, 7) is 0.225. The van der Waals surface area contributed by atoms with Crippen LogP contribution in [0.2, 0.25) is 0 Å². The molecule has 1 heterocycles. The van der Waals surface area contributed by atoms with Gasteiger partial charge in [-0.25, -0.2) is 5.06 Å². The number of carbonyl (C=O) groups is 1. The summed E-state index contributed by atoms with van der Waals surface area (Å²) in [5, 5.41) is 1.80. The summed E-state index contributed by atoms with van der Waals surface area (Å²) in [4.78, 5) is 19.3. The molecule has 0 aromatic heterocycles. The Balaban J connectivity index is 1.47. The highest BCUT2D eigenvalue weighted by molar-refractivity contribution is 5.78. The molecular formula is C29H25NO4. The quantitative estimate of drug-likeness (QED) is 0.263. The van der Waals surface area contributed by atoms with Gasteiger partial charge in [-0.1, -0.05) is 72.8 Å². The van der Waals surface area contributed by atoms with Gasteiger partial charge in [0.1, 0.15) is 17.4 Å². The number of hydrogen-bond acceptors (Lipinski definition) is 5. The van der Waals surface area contributed by atoms with Gasteiger partial charge in [-0.2, -0.15) is 0 Å². The van der Waals surface area contributed by atoms with Crippen molar-refractivity contribution in [2.75, 3.05) is 18.8 Å². The number of esters is 1. The third-order valence-electron chi connectivity index (χ3n) is 5.98. The van der Waals surface area contributed by atoms with Gasteiger partial charge in [0.15, 0.2) is 0 Å². The minimum absolute atomic E-state index is 0.225. The maximum Gasteiger partial charge on any atom is 0.319 e. The van der Waals surface area contributed by atoms with Crippen LogP contribution in [0, 0.1) is 5.92 Å². The fourth-order valence-corrected chi connectivity index (χ4v) is 4.21. The highest BCUT2D eigenvalue weighted by Gasteiger charge is 2.43. The molecule has 0 amide bonds.